The third-order valence-corrected chi connectivity index (χ3v) is 4.73. The topological polar surface area (TPSA) is 47.3 Å². The zero-order chi connectivity index (χ0) is 12.6. The highest BCUT2D eigenvalue weighted by Crippen LogP contribution is 2.52. The molecule has 1 unspecified atom stereocenters. The molecule has 0 aromatic heterocycles. The Bertz CT molecular complexity index is 446. The summed E-state index contributed by atoms with van der Waals surface area (Å²) in [7, 11) is 1.71. The van der Waals surface area contributed by atoms with Crippen molar-refractivity contribution in [3.63, 3.8) is 0 Å². The lowest BCUT2D eigenvalue weighted by atomic mass is 9.69. The maximum absolute atomic E-state index is 5.95. The smallest absolute Gasteiger partial charge is 0.0733 e. The molecule has 0 bridgehead atoms. The second-order valence-corrected chi connectivity index (χ2v) is 5.76. The molecule has 0 spiro atoms. The van der Waals surface area contributed by atoms with Gasteiger partial charge in [-0.1, -0.05) is 6.42 Å². The van der Waals surface area contributed by atoms with E-state index in [0.717, 1.165) is 17.2 Å². The number of hydrogen-bond donors (Lipinski definition) is 2. The minimum Gasteiger partial charge on any atom is -0.398 e. The molecule has 2 atom stereocenters. The number of benzene rings is 1. The fourth-order valence-electron chi connectivity index (χ4n) is 3.59. The summed E-state index contributed by atoms with van der Waals surface area (Å²) in [5.74, 6) is 0.890. The highest BCUT2D eigenvalue weighted by atomic mass is 16.5. The number of nitrogen functional groups attached to an aromatic ring is 1. The molecule has 0 radical (unpaired) electrons. The molecule has 3 rings (SSSR count). The van der Waals surface area contributed by atoms with Crippen molar-refractivity contribution in [3.8, 4) is 0 Å². The molecular formula is C15H22N2O. The SMILES string of the molecule is COCc1cc(N[C@@]23CCCC2CC3)ccc1N. The Kier molecular flexibility index (Phi) is 2.94. The average Bonchev–Trinajstić information content (AvgIpc) is 2.61. The van der Waals surface area contributed by atoms with E-state index in [0.29, 0.717) is 12.1 Å². The maximum atomic E-state index is 5.95. The van der Waals surface area contributed by atoms with Gasteiger partial charge in [-0.2, -0.15) is 0 Å². The highest BCUT2D eigenvalue weighted by Gasteiger charge is 2.49. The zero-order valence-electron chi connectivity index (χ0n) is 11.0. The van der Waals surface area contributed by atoms with Gasteiger partial charge in [-0.3, -0.25) is 0 Å². The molecule has 0 saturated heterocycles. The quantitative estimate of drug-likeness (QED) is 0.802. The molecule has 3 N–H and O–H groups in total. The van der Waals surface area contributed by atoms with Gasteiger partial charge < -0.3 is 15.8 Å². The average molecular weight is 246 g/mol. The Labute approximate surface area is 109 Å². The molecule has 2 fully saturated rings. The van der Waals surface area contributed by atoms with Crippen LogP contribution in [-0.4, -0.2) is 12.6 Å². The van der Waals surface area contributed by atoms with E-state index >= 15 is 0 Å². The Morgan fingerprint density at radius 2 is 2.28 bits per heavy atom. The van der Waals surface area contributed by atoms with Crippen LogP contribution in [0, 0.1) is 5.92 Å². The number of anilines is 2. The molecule has 0 heterocycles. The van der Waals surface area contributed by atoms with Crippen molar-refractivity contribution in [1.29, 1.82) is 0 Å². The lowest BCUT2D eigenvalue weighted by molar-refractivity contribution is 0.185. The fraction of sp³-hybridized carbons (Fsp3) is 0.600. The van der Waals surface area contributed by atoms with Gasteiger partial charge in [0, 0.05) is 29.6 Å². The summed E-state index contributed by atoms with van der Waals surface area (Å²) in [5.41, 5.74) is 9.43. The number of fused-ring (bicyclic) bond motifs is 1. The van der Waals surface area contributed by atoms with Crippen LogP contribution in [-0.2, 0) is 11.3 Å². The molecule has 2 saturated carbocycles. The Balaban J connectivity index is 1.78. The second-order valence-electron chi connectivity index (χ2n) is 5.76. The third-order valence-electron chi connectivity index (χ3n) is 4.73. The lowest BCUT2D eigenvalue weighted by Gasteiger charge is -2.46. The van der Waals surface area contributed by atoms with E-state index in [2.05, 4.69) is 17.4 Å². The molecule has 1 aromatic carbocycles. The largest absolute Gasteiger partial charge is 0.398 e. The normalized spacial score (nSPS) is 29.7. The second kappa shape index (κ2) is 4.47. The van der Waals surface area contributed by atoms with E-state index in [1.54, 1.807) is 7.11 Å². The van der Waals surface area contributed by atoms with Gasteiger partial charge in [-0.05, 0) is 49.8 Å². The van der Waals surface area contributed by atoms with Crippen LogP contribution in [0.4, 0.5) is 11.4 Å². The third kappa shape index (κ3) is 1.87. The Morgan fingerprint density at radius 1 is 1.39 bits per heavy atom. The van der Waals surface area contributed by atoms with E-state index in [1.807, 2.05) is 6.07 Å². The standard InChI is InChI=1S/C15H22N2O/c1-18-10-11-9-13(4-5-14(11)16)17-15-7-2-3-12(15)6-8-15/h4-5,9,12,17H,2-3,6-8,10,16H2,1H3/t12?,15-/m1/s1. The molecule has 1 aromatic rings. The van der Waals surface area contributed by atoms with Crippen molar-refractivity contribution in [2.45, 2.75) is 44.2 Å². The molecule has 98 valence electrons. The van der Waals surface area contributed by atoms with E-state index in [4.69, 9.17) is 10.5 Å². The first-order chi connectivity index (χ1) is 8.73. The minimum absolute atomic E-state index is 0.389. The van der Waals surface area contributed by atoms with Crippen molar-refractivity contribution in [3.05, 3.63) is 23.8 Å². The number of hydrogen-bond acceptors (Lipinski definition) is 3. The number of methoxy groups -OCH3 is 1. The predicted molar refractivity (Wildman–Crippen MR) is 74.5 cm³/mol. The number of nitrogens with one attached hydrogen (secondary N) is 1. The molecule has 0 amide bonds. The lowest BCUT2D eigenvalue weighted by Crippen LogP contribution is -2.49. The number of ether oxygens (including phenoxy) is 1. The number of rotatable bonds is 4. The first-order valence-corrected chi connectivity index (χ1v) is 6.89. The molecule has 2 aliphatic carbocycles. The highest BCUT2D eigenvalue weighted by molar-refractivity contribution is 5.58. The summed E-state index contributed by atoms with van der Waals surface area (Å²) >= 11 is 0. The van der Waals surface area contributed by atoms with E-state index in [9.17, 15) is 0 Å². The summed E-state index contributed by atoms with van der Waals surface area (Å²) in [5, 5.41) is 3.77. The molecular weight excluding hydrogens is 224 g/mol. The van der Waals surface area contributed by atoms with Gasteiger partial charge in [0.2, 0.25) is 0 Å². The first kappa shape index (κ1) is 11.8. The predicted octanol–water partition coefficient (Wildman–Crippen LogP) is 3.16. The maximum Gasteiger partial charge on any atom is 0.0733 e. The Hall–Kier alpha value is -1.22. The number of nitrogens with two attached hydrogens (primary N) is 1. The van der Waals surface area contributed by atoms with Crippen LogP contribution in [0.25, 0.3) is 0 Å². The molecule has 0 aliphatic heterocycles. The van der Waals surface area contributed by atoms with E-state index in [-0.39, 0.29) is 0 Å². The molecule has 18 heavy (non-hydrogen) atoms. The zero-order valence-corrected chi connectivity index (χ0v) is 11.0. The summed E-state index contributed by atoms with van der Waals surface area (Å²) in [6, 6.07) is 6.22. The molecule has 2 aliphatic rings. The fourth-order valence-corrected chi connectivity index (χ4v) is 3.59. The van der Waals surface area contributed by atoms with Crippen molar-refractivity contribution in [1.82, 2.24) is 0 Å². The van der Waals surface area contributed by atoms with Crippen molar-refractivity contribution < 1.29 is 4.74 Å². The van der Waals surface area contributed by atoms with Crippen LogP contribution < -0.4 is 11.1 Å². The van der Waals surface area contributed by atoms with E-state index in [1.165, 1.54) is 37.8 Å². The minimum atomic E-state index is 0.389. The van der Waals surface area contributed by atoms with Crippen LogP contribution in [0.5, 0.6) is 0 Å². The van der Waals surface area contributed by atoms with Gasteiger partial charge in [0.05, 0.1) is 6.61 Å². The summed E-state index contributed by atoms with van der Waals surface area (Å²) in [4.78, 5) is 0. The first-order valence-electron chi connectivity index (χ1n) is 6.89. The van der Waals surface area contributed by atoms with Crippen molar-refractivity contribution in [2.75, 3.05) is 18.2 Å². The van der Waals surface area contributed by atoms with Crippen LogP contribution >= 0.6 is 0 Å². The molecule has 3 nitrogen and oxygen atoms in total. The van der Waals surface area contributed by atoms with Crippen LogP contribution in [0.1, 0.15) is 37.7 Å². The van der Waals surface area contributed by atoms with Crippen molar-refractivity contribution >= 4 is 11.4 Å². The van der Waals surface area contributed by atoms with Gasteiger partial charge in [0.1, 0.15) is 0 Å². The van der Waals surface area contributed by atoms with Gasteiger partial charge in [0.15, 0.2) is 0 Å². The summed E-state index contributed by atoms with van der Waals surface area (Å²) in [6.45, 7) is 0.581. The van der Waals surface area contributed by atoms with Crippen LogP contribution in [0.15, 0.2) is 18.2 Å². The Morgan fingerprint density at radius 3 is 2.94 bits per heavy atom. The summed E-state index contributed by atoms with van der Waals surface area (Å²) in [6.07, 6.45) is 6.81. The molecule has 3 heteroatoms. The van der Waals surface area contributed by atoms with Crippen LogP contribution in [0.3, 0.4) is 0 Å². The van der Waals surface area contributed by atoms with Gasteiger partial charge in [-0.15, -0.1) is 0 Å². The summed E-state index contributed by atoms with van der Waals surface area (Å²) < 4.78 is 5.19. The van der Waals surface area contributed by atoms with Gasteiger partial charge >= 0.3 is 0 Å². The monoisotopic (exact) mass is 246 g/mol. The van der Waals surface area contributed by atoms with Crippen LogP contribution in [0.2, 0.25) is 0 Å². The van der Waals surface area contributed by atoms with Gasteiger partial charge in [-0.25, -0.2) is 0 Å². The van der Waals surface area contributed by atoms with Crippen molar-refractivity contribution in [2.24, 2.45) is 5.92 Å². The van der Waals surface area contributed by atoms with Gasteiger partial charge in [0.25, 0.3) is 0 Å². The van der Waals surface area contributed by atoms with E-state index < -0.39 is 0 Å².